The molecule has 1 aromatic carbocycles. The van der Waals surface area contributed by atoms with E-state index in [1.165, 1.54) is 5.56 Å². The van der Waals surface area contributed by atoms with E-state index < -0.39 is 0 Å². The molecule has 0 bridgehead atoms. The van der Waals surface area contributed by atoms with Crippen molar-refractivity contribution in [3.8, 4) is 0 Å². The van der Waals surface area contributed by atoms with Crippen molar-refractivity contribution < 1.29 is 4.74 Å². The predicted octanol–water partition coefficient (Wildman–Crippen LogP) is 2.69. The third kappa shape index (κ3) is 2.11. The van der Waals surface area contributed by atoms with Crippen molar-refractivity contribution in [2.45, 2.75) is 6.92 Å². The van der Waals surface area contributed by atoms with Gasteiger partial charge in [-0.15, -0.1) is 0 Å². The minimum atomic E-state index is 1.15. The van der Waals surface area contributed by atoms with Crippen molar-refractivity contribution in [3.05, 3.63) is 42.2 Å². The summed E-state index contributed by atoms with van der Waals surface area (Å²) < 4.78 is 4.90. The van der Waals surface area contributed by atoms with Gasteiger partial charge in [0.15, 0.2) is 0 Å². The van der Waals surface area contributed by atoms with Crippen LogP contribution in [0.25, 0.3) is 5.57 Å². The molecule has 1 heteroatoms. The molecule has 11 heavy (non-hydrogen) atoms. The number of methoxy groups -OCH3 is 1. The van der Waals surface area contributed by atoms with E-state index in [0.717, 1.165) is 5.57 Å². The summed E-state index contributed by atoms with van der Waals surface area (Å²) >= 11 is 0. The molecular weight excluding hydrogens is 136 g/mol. The van der Waals surface area contributed by atoms with Crippen molar-refractivity contribution >= 4 is 5.57 Å². The molecule has 0 aliphatic rings. The zero-order chi connectivity index (χ0) is 8.10. The molecule has 0 atom stereocenters. The van der Waals surface area contributed by atoms with Crippen LogP contribution in [0, 0.1) is 0 Å². The first kappa shape index (κ1) is 7.86. The Morgan fingerprint density at radius 2 is 1.91 bits per heavy atom. The predicted molar refractivity (Wildman–Crippen MR) is 47.1 cm³/mol. The van der Waals surface area contributed by atoms with E-state index in [2.05, 4.69) is 12.1 Å². The monoisotopic (exact) mass is 148 g/mol. The zero-order valence-corrected chi connectivity index (χ0v) is 6.87. The summed E-state index contributed by atoms with van der Waals surface area (Å²) in [6.45, 7) is 2.03. The van der Waals surface area contributed by atoms with Crippen molar-refractivity contribution in [1.29, 1.82) is 0 Å². The number of ether oxygens (including phenoxy) is 1. The van der Waals surface area contributed by atoms with E-state index in [-0.39, 0.29) is 0 Å². The average Bonchev–Trinajstić information content (AvgIpc) is 2.07. The van der Waals surface area contributed by atoms with Gasteiger partial charge in [0, 0.05) is 0 Å². The fourth-order valence-corrected chi connectivity index (χ4v) is 0.946. The largest absolute Gasteiger partial charge is 0.504 e. The molecule has 58 valence electrons. The first-order valence-electron chi connectivity index (χ1n) is 3.59. The molecule has 0 fully saturated rings. The lowest BCUT2D eigenvalue weighted by Crippen LogP contribution is -1.78. The van der Waals surface area contributed by atoms with Crippen LogP contribution in [0.15, 0.2) is 36.6 Å². The van der Waals surface area contributed by atoms with Crippen molar-refractivity contribution in [2.24, 2.45) is 0 Å². The summed E-state index contributed by atoms with van der Waals surface area (Å²) in [7, 11) is 1.66. The normalized spacial score (nSPS) is 11.3. The summed E-state index contributed by atoms with van der Waals surface area (Å²) in [6, 6.07) is 10.2. The van der Waals surface area contributed by atoms with Crippen LogP contribution < -0.4 is 0 Å². The van der Waals surface area contributed by atoms with Gasteiger partial charge in [0.1, 0.15) is 0 Å². The van der Waals surface area contributed by atoms with Gasteiger partial charge in [-0.1, -0.05) is 30.3 Å². The van der Waals surface area contributed by atoms with Gasteiger partial charge in [-0.2, -0.15) is 0 Å². The molecule has 0 spiro atoms. The molecule has 0 heterocycles. The molecule has 0 aromatic heterocycles. The van der Waals surface area contributed by atoms with Gasteiger partial charge >= 0.3 is 0 Å². The molecule has 0 radical (unpaired) electrons. The Hall–Kier alpha value is -1.24. The highest BCUT2D eigenvalue weighted by Crippen LogP contribution is 2.11. The third-order valence-electron chi connectivity index (χ3n) is 1.52. The minimum absolute atomic E-state index is 1.15. The van der Waals surface area contributed by atoms with Crippen LogP contribution in [0.4, 0.5) is 0 Å². The maximum Gasteiger partial charge on any atom is 0.0859 e. The molecule has 1 rings (SSSR count). The maximum absolute atomic E-state index is 4.90. The van der Waals surface area contributed by atoms with Crippen LogP contribution in [-0.2, 0) is 4.74 Å². The molecule has 0 amide bonds. The Morgan fingerprint density at radius 3 is 2.45 bits per heavy atom. The van der Waals surface area contributed by atoms with Crippen LogP contribution in [0.3, 0.4) is 0 Å². The van der Waals surface area contributed by atoms with Crippen molar-refractivity contribution in [2.75, 3.05) is 7.11 Å². The van der Waals surface area contributed by atoms with Gasteiger partial charge in [-0.3, -0.25) is 0 Å². The molecule has 0 aliphatic heterocycles. The summed E-state index contributed by atoms with van der Waals surface area (Å²) in [4.78, 5) is 0. The molecular formula is C10H12O. The average molecular weight is 148 g/mol. The fraction of sp³-hybridized carbons (Fsp3) is 0.200. The maximum atomic E-state index is 4.90. The highest BCUT2D eigenvalue weighted by atomic mass is 16.5. The van der Waals surface area contributed by atoms with E-state index in [0.29, 0.717) is 0 Å². The van der Waals surface area contributed by atoms with Crippen LogP contribution >= 0.6 is 0 Å². The molecule has 1 aromatic rings. The lowest BCUT2D eigenvalue weighted by atomic mass is 10.1. The van der Waals surface area contributed by atoms with Gasteiger partial charge < -0.3 is 4.74 Å². The van der Waals surface area contributed by atoms with Gasteiger partial charge in [-0.05, 0) is 18.1 Å². The summed E-state index contributed by atoms with van der Waals surface area (Å²) in [5.74, 6) is 0. The smallest absolute Gasteiger partial charge is 0.0859 e. The third-order valence-corrected chi connectivity index (χ3v) is 1.52. The van der Waals surface area contributed by atoms with Crippen LogP contribution in [0.5, 0.6) is 0 Å². The second-order valence-corrected chi connectivity index (χ2v) is 2.40. The molecule has 0 N–H and O–H groups in total. The Morgan fingerprint density at radius 1 is 1.27 bits per heavy atom. The Kier molecular flexibility index (Phi) is 2.73. The lowest BCUT2D eigenvalue weighted by molar-refractivity contribution is 0.339. The van der Waals surface area contributed by atoms with Gasteiger partial charge in [0.05, 0.1) is 13.4 Å². The standard InChI is InChI=1S/C10H12O/c1-9(8-11-2)10-6-4-3-5-7-10/h3-8H,1-2H3/b9-8+. The Bertz CT molecular complexity index is 236. The number of hydrogen-bond donors (Lipinski definition) is 0. The minimum Gasteiger partial charge on any atom is -0.504 e. The van der Waals surface area contributed by atoms with Gasteiger partial charge in [0.25, 0.3) is 0 Å². The second kappa shape index (κ2) is 3.81. The van der Waals surface area contributed by atoms with Crippen molar-refractivity contribution in [1.82, 2.24) is 0 Å². The summed E-state index contributed by atoms with van der Waals surface area (Å²) in [5, 5.41) is 0. The molecule has 0 saturated heterocycles. The van der Waals surface area contributed by atoms with Crippen LogP contribution in [0.1, 0.15) is 12.5 Å². The van der Waals surface area contributed by atoms with Crippen molar-refractivity contribution in [3.63, 3.8) is 0 Å². The molecule has 0 saturated carbocycles. The van der Waals surface area contributed by atoms with Gasteiger partial charge in [0.2, 0.25) is 0 Å². The number of benzene rings is 1. The zero-order valence-electron chi connectivity index (χ0n) is 6.87. The van der Waals surface area contributed by atoms with E-state index in [1.807, 2.05) is 25.1 Å². The van der Waals surface area contributed by atoms with Crippen LogP contribution in [0.2, 0.25) is 0 Å². The Balaban J connectivity index is 2.85. The highest BCUT2D eigenvalue weighted by molar-refractivity contribution is 5.62. The highest BCUT2D eigenvalue weighted by Gasteiger charge is 1.91. The molecule has 1 nitrogen and oxygen atoms in total. The number of rotatable bonds is 2. The number of hydrogen-bond acceptors (Lipinski definition) is 1. The summed E-state index contributed by atoms with van der Waals surface area (Å²) in [6.07, 6.45) is 1.75. The molecule has 0 aliphatic carbocycles. The first-order valence-corrected chi connectivity index (χ1v) is 3.59. The topological polar surface area (TPSA) is 9.23 Å². The van der Waals surface area contributed by atoms with Crippen LogP contribution in [-0.4, -0.2) is 7.11 Å². The van der Waals surface area contributed by atoms with E-state index in [4.69, 9.17) is 4.74 Å². The molecule has 0 unspecified atom stereocenters. The Labute approximate surface area is 67.3 Å². The quantitative estimate of drug-likeness (QED) is 0.586. The summed E-state index contributed by atoms with van der Waals surface area (Å²) in [5.41, 5.74) is 2.35. The van der Waals surface area contributed by atoms with E-state index in [9.17, 15) is 0 Å². The van der Waals surface area contributed by atoms with E-state index >= 15 is 0 Å². The van der Waals surface area contributed by atoms with E-state index in [1.54, 1.807) is 13.4 Å². The number of allylic oxidation sites excluding steroid dienone is 1. The fourth-order valence-electron chi connectivity index (χ4n) is 0.946. The SMILES string of the molecule is CO/C=C(\C)c1ccccc1. The lowest BCUT2D eigenvalue weighted by Gasteiger charge is -1.98. The second-order valence-electron chi connectivity index (χ2n) is 2.40. The first-order chi connectivity index (χ1) is 5.34. The van der Waals surface area contributed by atoms with Gasteiger partial charge in [-0.25, -0.2) is 0 Å².